The molecule has 8 atom stereocenters. The van der Waals surface area contributed by atoms with Gasteiger partial charge in [0.25, 0.3) is 0 Å². The summed E-state index contributed by atoms with van der Waals surface area (Å²) in [4.78, 5) is 169. The van der Waals surface area contributed by atoms with Gasteiger partial charge >= 0.3 is 6.18 Å². The van der Waals surface area contributed by atoms with Gasteiger partial charge in [-0.1, -0.05) is 111 Å². The average molecular weight is 1340 g/mol. The Morgan fingerprint density at radius 2 is 1.15 bits per heavy atom. The average Bonchev–Trinajstić information content (AvgIpc) is 1.42. The minimum absolute atomic E-state index is 0.0423. The molecule has 1 aliphatic heterocycles. The van der Waals surface area contributed by atoms with E-state index in [0.717, 1.165) is 36.6 Å². The molecule has 0 bridgehead atoms. The van der Waals surface area contributed by atoms with Gasteiger partial charge in [0.15, 0.2) is 0 Å². The Kier molecular flexibility index (Phi) is 29.4. The standard InChI is InChI=1S/C68H99ClF3N11O11/c1-17-21-49-37-55(85)83(16)59(43(7)8)62(90)75-58(44(9)18-2)65(93)79(12)39-56(86)77(10)40-57(87)80(13)53(36-46-24-29-48(69)30-25-46)64(92)78(11)38-54(84)74-50(31-26-45-22-27-47(28-23-45)68(70,71)72)63(91)81(14)52(35-42(5)6)61(89)76-67(32-19-20-33-67)66(94)82(15)51(34-41(3)4)60(88)73-49/h1,22-25,27-30,41-44,49-53,58-59H,18-21,26,31-40H2,2-16H3,(H,73,88)(H,74,84)(H,75,90)(H,76,89)/t44-,49+,50-,51-,52+,53-,58-,59-/m0/s1. The van der Waals surface area contributed by atoms with Crippen LogP contribution >= 0.6 is 11.6 Å². The Balaban J connectivity index is 1.88. The topological polar surface area (TPSA) is 259 Å². The first-order valence-corrected chi connectivity index (χ1v) is 32.6. The van der Waals surface area contributed by atoms with Gasteiger partial charge < -0.3 is 55.6 Å². The largest absolute Gasteiger partial charge is 0.416 e. The van der Waals surface area contributed by atoms with Crippen molar-refractivity contribution in [2.24, 2.45) is 23.7 Å². The van der Waals surface area contributed by atoms with Gasteiger partial charge in [-0.15, -0.1) is 12.3 Å². The van der Waals surface area contributed by atoms with E-state index in [2.05, 4.69) is 27.2 Å². The minimum Gasteiger partial charge on any atom is -0.350 e. The zero-order valence-corrected chi connectivity index (χ0v) is 58.0. The summed E-state index contributed by atoms with van der Waals surface area (Å²) in [5.41, 5.74) is -1.54. The third kappa shape index (κ3) is 21.6. The first-order valence-electron chi connectivity index (χ1n) is 32.2. The number of amides is 11. The van der Waals surface area contributed by atoms with Crippen LogP contribution in [0.4, 0.5) is 13.2 Å². The van der Waals surface area contributed by atoms with Crippen molar-refractivity contribution in [3.63, 3.8) is 0 Å². The van der Waals surface area contributed by atoms with Crippen molar-refractivity contribution in [2.45, 2.75) is 186 Å². The number of alkyl halides is 3. The predicted octanol–water partition coefficient (Wildman–Crippen LogP) is 5.32. The zero-order chi connectivity index (χ0) is 70.9. The quantitative estimate of drug-likeness (QED) is 0.187. The number of nitrogens with one attached hydrogen (secondary N) is 4. The Morgan fingerprint density at radius 3 is 1.68 bits per heavy atom. The molecule has 4 N–H and O–H groups in total. The molecule has 2 aliphatic rings. The summed E-state index contributed by atoms with van der Waals surface area (Å²) in [6.07, 6.45) is 2.28. The van der Waals surface area contributed by atoms with Crippen LogP contribution in [0.1, 0.15) is 136 Å². The number of aryl methyl sites for hydroxylation is 1. The molecule has 2 fully saturated rings. The molecule has 2 aromatic carbocycles. The van der Waals surface area contributed by atoms with Gasteiger partial charge in [-0.3, -0.25) is 52.7 Å². The van der Waals surface area contributed by atoms with Gasteiger partial charge in [-0.25, -0.2) is 0 Å². The summed E-state index contributed by atoms with van der Waals surface area (Å²) in [7, 11) is 9.60. The van der Waals surface area contributed by atoms with Gasteiger partial charge in [-0.2, -0.15) is 13.2 Å². The fraction of sp³-hybridized carbons (Fsp3) is 0.632. The Labute approximate surface area is 557 Å². The van der Waals surface area contributed by atoms with Crippen LogP contribution in [0.2, 0.25) is 5.02 Å². The van der Waals surface area contributed by atoms with Gasteiger partial charge in [0.05, 0.1) is 25.2 Å². The second kappa shape index (κ2) is 35.1. The van der Waals surface area contributed by atoms with E-state index >= 15 is 14.4 Å². The predicted molar refractivity (Wildman–Crippen MR) is 350 cm³/mol. The van der Waals surface area contributed by atoms with Crippen molar-refractivity contribution < 1.29 is 65.9 Å². The van der Waals surface area contributed by atoms with Crippen molar-refractivity contribution in [1.82, 2.24) is 55.6 Å². The molecule has 1 saturated heterocycles. The van der Waals surface area contributed by atoms with E-state index < -0.39 is 156 Å². The number of carbonyl (C=O) groups excluding carboxylic acids is 11. The molecular formula is C68H99ClF3N11O11. The number of carbonyl (C=O) groups is 11. The molecule has 1 saturated carbocycles. The zero-order valence-electron chi connectivity index (χ0n) is 57.3. The molecule has 11 amide bonds. The van der Waals surface area contributed by atoms with E-state index in [-0.39, 0.29) is 69.6 Å². The second-order valence-corrected chi connectivity index (χ2v) is 27.1. The van der Waals surface area contributed by atoms with Crippen LogP contribution in [0.25, 0.3) is 0 Å². The van der Waals surface area contributed by atoms with Gasteiger partial charge in [0, 0.05) is 79.7 Å². The van der Waals surface area contributed by atoms with Gasteiger partial charge in [0.2, 0.25) is 65.0 Å². The Hall–Kier alpha value is -7.75. The highest BCUT2D eigenvalue weighted by molar-refractivity contribution is 6.30. The van der Waals surface area contributed by atoms with Crippen molar-refractivity contribution >= 4 is 76.6 Å². The van der Waals surface area contributed by atoms with Gasteiger partial charge in [-0.05, 0) is 97.6 Å². The molecule has 0 radical (unpaired) electrons. The highest BCUT2D eigenvalue weighted by Gasteiger charge is 2.49. The molecule has 2 aromatic rings. The molecule has 4 rings (SSSR count). The van der Waals surface area contributed by atoms with Gasteiger partial charge in [0.1, 0.15) is 41.8 Å². The number of rotatable bonds is 13. The summed E-state index contributed by atoms with van der Waals surface area (Å²) in [5, 5.41) is 11.9. The molecule has 1 spiro atoms. The Bertz CT molecular complexity index is 3040. The van der Waals surface area contributed by atoms with E-state index in [0.29, 0.717) is 35.4 Å². The number of benzene rings is 2. The number of nitrogens with zero attached hydrogens (tertiary/aromatic N) is 7. The summed E-state index contributed by atoms with van der Waals surface area (Å²) in [6.45, 7) is 12.5. The van der Waals surface area contributed by atoms with Crippen LogP contribution in [0.15, 0.2) is 48.5 Å². The molecule has 0 aromatic heterocycles. The normalized spacial score (nSPS) is 23.9. The summed E-state index contributed by atoms with van der Waals surface area (Å²) in [5.74, 6) is -6.53. The lowest BCUT2D eigenvalue weighted by atomic mass is 9.91. The van der Waals surface area contributed by atoms with E-state index in [1.165, 1.54) is 71.3 Å². The molecule has 1 aliphatic carbocycles. The first-order chi connectivity index (χ1) is 43.9. The molecule has 26 heteroatoms. The maximum absolute atomic E-state index is 15.2. The molecule has 520 valence electrons. The van der Waals surface area contributed by atoms with E-state index in [9.17, 15) is 51.5 Å². The summed E-state index contributed by atoms with van der Waals surface area (Å²) >= 11 is 6.21. The van der Waals surface area contributed by atoms with Crippen molar-refractivity contribution in [3.05, 3.63) is 70.2 Å². The highest BCUT2D eigenvalue weighted by atomic mass is 35.5. The van der Waals surface area contributed by atoms with E-state index in [4.69, 9.17) is 18.0 Å². The maximum Gasteiger partial charge on any atom is 0.416 e. The third-order valence-electron chi connectivity index (χ3n) is 17.9. The fourth-order valence-corrected chi connectivity index (χ4v) is 12.1. The fourth-order valence-electron chi connectivity index (χ4n) is 12.0. The molecular weight excluding hydrogens is 1240 g/mol. The molecule has 0 unspecified atom stereocenters. The summed E-state index contributed by atoms with van der Waals surface area (Å²) in [6, 6.07) is 2.19. The Morgan fingerprint density at radius 1 is 0.606 bits per heavy atom. The number of terminal acetylenes is 1. The smallest absolute Gasteiger partial charge is 0.350 e. The highest BCUT2D eigenvalue weighted by Crippen LogP contribution is 2.34. The third-order valence-corrected chi connectivity index (χ3v) is 18.1. The SMILES string of the molecule is C#CC[C@@H]1CC(=O)N(C)[C@@H](C(C)C)C(=O)N[C@@H]([C@@H](C)CC)C(=O)N(C)CC(=O)N(C)CC(=O)N(C)[C@@H](Cc2ccc(Cl)cc2)C(=O)N(C)CC(=O)N[C@@H](CCc2ccc(C(F)(F)F)cc2)C(=O)N(C)[C@H](CC(C)C)C(=O)NC2(CCCC2)C(=O)N(C)[C@@H](CC(C)C)C(=O)N1. The molecule has 94 heavy (non-hydrogen) atoms. The van der Waals surface area contributed by atoms with Crippen LogP contribution in [0, 0.1) is 36.0 Å². The lowest BCUT2D eigenvalue weighted by Gasteiger charge is -2.39. The van der Waals surface area contributed by atoms with Crippen molar-refractivity contribution in [1.29, 1.82) is 0 Å². The van der Waals surface area contributed by atoms with Crippen LogP contribution in [0.5, 0.6) is 0 Å². The lowest BCUT2D eigenvalue weighted by Crippen LogP contribution is -2.64. The number of halogens is 4. The first kappa shape index (κ1) is 78.7. The maximum atomic E-state index is 15.2. The van der Waals surface area contributed by atoms with E-state index in [1.807, 2.05) is 34.6 Å². The van der Waals surface area contributed by atoms with Crippen molar-refractivity contribution in [2.75, 3.05) is 69.0 Å². The lowest BCUT2D eigenvalue weighted by molar-refractivity contribution is -0.149. The molecule has 22 nitrogen and oxygen atoms in total. The van der Waals surface area contributed by atoms with Crippen molar-refractivity contribution in [3.8, 4) is 12.3 Å². The number of likely N-dealkylation sites (N-methyl/N-ethyl adjacent to an activating group) is 7. The minimum atomic E-state index is -4.63. The number of hydrogen-bond donors (Lipinski definition) is 4. The summed E-state index contributed by atoms with van der Waals surface area (Å²) < 4.78 is 41.0. The molecule has 1 heterocycles. The second-order valence-electron chi connectivity index (χ2n) is 26.7. The van der Waals surface area contributed by atoms with E-state index in [1.54, 1.807) is 45.0 Å². The van der Waals surface area contributed by atoms with Crippen LogP contribution in [-0.4, -0.2) is 216 Å². The number of hydrogen-bond acceptors (Lipinski definition) is 11. The van der Waals surface area contributed by atoms with Crippen LogP contribution in [0.3, 0.4) is 0 Å². The van der Waals surface area contributed by atoms with Crippen LogP contribution < -0.4 is 21.3 Å². The van der Waals surface area contributed by atoms with Crippen LogP contribution in [-0.2, 0) is 71.8 Å². The monoisotopic (exact) mass is 1340 g/mol.